The van der Waals surface area contributed by atoms with E-state index in [0.717, 1.165) is 20.1 Å². The third-order valence-corrected chi connectivity index (χ3v) is 3.64. The van der Waals surface area contributed by atoms with Gasteiger partial charge in [-0.2, -0.15) is 5.26 Å². The summed E-state index contributed by atoms with van der Waals surface area (Å²) in [6.07, 6.45) is 0.355. The minimum Gasteiger partial charge on any atom is -0.499 e. The Morgan fingerprint density at radius 3 is 3.00 bits per heavy atom. The number of fused-ring (bicyclic) bond motifs is 1. The first kappa shape index (κ1) is 9.50. The lowest BCUT2D eigenvalue weighted by Gasteiger charge is -2.00. The molecule has 0 aliphatic heterocycles. The van der Waals surface area contributed by atoms with Gasteiger partial charge in [-0.15, -0.1) is 0 Å². The quantitative estimate of drug-likeness (QED) is 0.861. The molecule has 2 aromatic rings. The van der Waals surface area contributed by atoms with Gasteiger partial charge in [0, 0.05) is 14.6 Å². The maximum Gasteiger partial charge on any atom is 0.172 e. The van der Waals surface area contributed by atoms with E-state index in [9.17, 15) is 5.11 Å². The smallest absolute Gasteiger partial charge is 0.172 e. The van der Waals surface area contributed by atoms with Crippen LogP contribution in [0.25, 0.3) is 10.1 Å². The third-order valence-electron chi connectivity index (χ3n) is 2.00. The summed E-state index contributed by atoms with van der Waals surface area (Å²) in [5.41, 5.74) is 0.946. The fraction of sp³-hybridized carbons (Fsp3) is 0.100. The Kier molecular flexibility index (Phi) is 2.44. The van der Waals surface area contributed by atoms with Crippen LogP contribution in [0.2, 0.25) is 0 Å². The topological polar surface area (TPSA) is 44.0 Å². The van der Waals surface area contributed by atoms with E-state index in [1.807, 2.05) is 12.1 Å². The van der Waals surface area contributed by atoms with E-state index >= 15 is 0 Å². The van der Waals surface area contributed by atoms with Gasteiger partial charge in [-0.3, -0.25) is 0 Å². The molecule has 0 radical (unpaired) electrons. The van der Waals surface area contributed by atoms with E-state index in [1.54, 1.807) is 6.07 Å². The molecule has 1 heterocycles. The van der Waals surface area contributed by atoms with Crippen LogP contribution < -0.4 is 0 Å². The molecule has 0 aliphatic carbocycles. The van der Waals surface area contributed by atoms with Crippen LogP contribution in [0, 0.1) is 11.3 Å². The molecule has 4 heteroatoms. The molecular weight excluding hydrogens is 262 g/mol. The largest absolute Gasteiger partial charge is 0.499 e. The molecule has 0 unspecified atom stereocenters. The average Bonchev–Trinajstić information content (AvgIpc) is 2.51. The van der Waals surface area contributed by atoms with Gasteiger partial charge in [0.1, 0.15) is 0 Å². The zero-order valence-electron chi connectivity index (χ0n) is 7.12. The van der Waals surface area contributed by atoms with Gasteiger partial charge >= 0.3 is 0 Å². The molecule has 2 nitrogen and oxygen atoms in total. The number of nitriles is 1. The van der Waals surface area contributed by atoms with Crippen LogP contribution in [0.4, 0.5) is 0 Å². The van der Waals surface area contributed by atoms with Crippen molar-refractivity contribution in [1.29, 1.82) is 5.26 Å². The van der Waals surface area contributed by atoms with Crippen LogP contribution in [0.3, 0.4) is 0 Å². The lowest BCUT2D eigenvalue weighted by molar-refractivity contribution is 0.491. The van der Waals surface area contributed by atoms with Crippen LogP contribution in [-0.2, 0) is 6.42 Å². The van der Waals surface area contributed by atoms with Crippen LogP contribution in [0.15, 0.2) is 22.7 Å². The van der Waals surface area contributed by atoms with Gasteiger partial charge in [0.25, 0.3) is 0 Å². The number of halogens is 1. The van der Waals surface area contributed by atoms with Crippen molar-refractivity contribution in [2.24, 2.45) is 0 Å². The van der Waals surface area contributed by atoms with E-state index < -0.39 is 0 Å². The fourth-order valence-electron chi connectivity index (χ4n) is 1.39. The Morgan fingerprint density at radius 2 is 2.29 bits per heavy atom. The molecule has 0 atom stereocenters. The average molecular weight is 268 g/mol. The summed E-state index contributed by atoms with van der Waals surface area (Å²) < 4.78 is 1.93. The van der Waals surface area contributed by atoms with Crippen LogP contribution in [-0.4, -0.2) is 5.11 Å². The molecule has 0 aliphatic rings. The predicted octanol–water partition coefficient (Wildman–Crippen LogP) is 3.44. The third kappa shape index (κ3) is 1.49. The van der Waals surface area contributed by atoms with Gasteiger partial charge in [-0.1, -0.05) is 27.3 Å². The van der Waals surface area contributed by atoms with E-state index in [2.05, 4.69) is 22.0 Å². The maximum atomic E-state index is 9.36. The zero-order chi connectivity index (χ0) is 10.1. The van der Waals surface area contributed by atoms with Crippen molar-refractivity contribution < 1.29 is 5.11 Å². The van der Waals surface area contributed by atoms with E-state index in [-0.39, 0.29) is 5.06 Å². The first-order chi connectivity index (χ1) is 6.72. The second-order valence-corrected chi connectivity index (χ2v) is 4.77. The minimum atomic E-state index is 0.289. The van der Waals surface area contributed by atoms with Crippen LogP contribution in [0.5, 0.6) is 5.06 Å². The predicted molar refractivity (Wildman–Crippen MR) is 60.5 cm³/mol. The Bertz CT molecular complexity index is 527. The fourth-order valence-corrected chi connectivity index (χ4v) is 2.70. The summed E-state index contributed by atoms with van der Waals surface area (Å²) in [5, 5.41) is 19.3. The summed E-state index contributed by atoms with van der Waals surface area (Å²) >= 11 is 4.73. The molecule has 1 aromatic carbocycles. The van der Waals surface area contributed by atoms with E-state index in [1.165, 1.54) is 11.3 Å². The molecule has 0 saturated heterocycles. The van der Waals surface area contributed by atoms with Gasteiger partial charge in [0.05, 0.1) is 12.5 Å². The van der Waals surface area contributed by atoms with Crippen molar-refractivity contribution in [1.82, 2.24) is 0 Å². The van der Waals surface area contributed by atoms with Crippen molar-refractivity contribution >= 4 is 37.4 Å². The Morgan fingerprint density at radius 1 is 1.50 bits per heavy atom. The number of thiophene rings is 1. The lowest BCUT2D eigenvalue weighted by atomic mass is 10.1. The van der Waals surface area contributed by atoms with Crippen LogP contribution in [0.1, 0.15) is 5.56 Å². The summed E-state index contributed by atoms with van der Waals surface area (Å²) in [7, 11) is 0. The van der Waals surface area contributed by atoms with Crippen LogP contribution >= 0.6 is 27.3 Å². The molecule has 1 aromatic heterocycles. The van der Waals surface area contributed by atoms with E-state index in [0.29, 0.717) is 6.42 Å². The molecule has 14 heavy (non-hydrogen) atoms. The highest BCUT2D eigenvalue weighted by molar-refractivity contribution is 9.10. The normalized spacial score (nSPS) is 10.3. The van der Waals surface area contributed by atoms with Gasteiger partial charge < -0.3 is 5.11 Å². The molecule has 0 bridgehead atoms. The number of nitrogens with zero attached hydrogens (tertiary/aromatic N) is 1. The number of hydrogen-bond donors (Lipinski definition) is 1. The summed E-state index contributed by atoms with van der Waals surface area (Å²) in [5.74, 6) is 0. The van der Waals surface area contributed by atoms with Gasteiger partial charge in [-0.05, 0) is 23.8 Å². The summed E-state index contributed by atoms with van der Waals surface area (Å²) in [4.78, 5) is 0. The Balaban J connectivity index is 2.76. The van der Waals surface area contributed by atoms with Crippen molar-refractivity contribution in [3.63, 3.8) is 0 Å². The Labute approximate surface area is 93.5 Å². The maximum absolute atomic E-state index is 9.36. The SMILES string of the molecule is N#CCc1c(Br)ccc2sc(O)cc12. The lowest BCUT2D eigenvalue weighted by Crippen LogP contribution is -1.83. The molecule has 1 N–H and O–H groups in total. The zero-order valence-corrected chi connectivity index (χ0v) is 9.52. The van der Waals surface area contributed by atoms with Crippen molar-refractivity contribution in [3.8, 4) is 11.1 Å². The monoisotopic (exact) mass is 267 g/mol. The standard InChI is InChI=1S/C10H6BrNOS/c11-8-1-2-9-7(5-10(13)14-9)6(8)3-4-12/h1-2,5,13H,3H2. The molecule has 2 rings (SSSR count). The second kappa shape index (κ2) is 3.60. The van der Waals surface area contributed by atoms with Crippen molar-refractivity contribution in [2.75, 3.05) is 0 Å². The molecule has 0 amide bonds. The second-order valence-electron chi connectivity index (χ2n) is 2.86. The summed E-state index contributed by atoms with van der Waals surface area (Å²) in [6.45, 7) is 0. The number of benzene rings is 1. The number of aromatic hydroxyl groups is 1. The molecule has 0 fully saturated rings. The molecule has 70 valence electrons. The van der Waals surface area contributed by atoms with Gasteiger partial charge in [0.2, 0.25) is 0 Å². The highest BCUT2D eigenvalue weighted by atomic mass is 79.9. The van der Waals surface area contributed by atoms with Gasteiger partial charge in [0.15, 0.2) is 5.06 Å². The van der Waals surface area contributed by atoms with Gasteiger partial charge in [-0.25, -0.2) is 0 Å². The molecule has 0 spiro atoms. The number of hydrogen-bond acceptors (Lipinski definition) is 3. The molecular formula is C10H6BrNOS. The first-order valence-corrected chi connectivity index (χ1v) is 5.60. The Hall–Kier alpha value is -1.05. The van der Waals surface area contributed by atoms with E-state index in [4.69, 9.17) is 5.26 Å². The minimum absolute atomic E-state index is 0.289. The van der Waals surface area contributed by atoms with Crippen molar-refractivity contribution in [3.05, 3.63) is 28.2 Å². The highest BCUT2D eigenvalue weighted by Crippen LogP contribution is 2.35. The summed E-state index contributed by atoms with van der Waals surface area (Å²) in [6, 6.07) is 7.67. The number of rotatable bonds is 1. The highest BCUT2D eigenvalue weighted by Gasteiger charge is 2.08. The van der Waals surface area contributed by atoms with Crippen molar-refractivity contribution in [2.45, 2.75) is 6.42 Å². The first-order valence-electron chi connectivity index (χ1n) is 3.99. The molecule has 0 saturated carbocycles.